The summed E-state index contributed by atoms with van der Waals surface area (Å²) < 4.78 is 37.4. The zero-order valence-electron chi connectivity index (χ0n) is 11.4. The summed E-state index contributed by atoms with van der Waals surface area (Å²) >= 11 is 0. The quantitative estimate of drug-likeness (QED) is 0.881. The van der Waals surface area contributed by atoms with Crippen molar-refractivity contribution < 1.29 is 13.2 Å². The summed E-state index contributed by atoms with van der Waals surface area (Å²) in [6.07, 6.45) is -4.47. The van der Waals surface area contributed by atoms with E-state index in [1.165, 1.54) is 6.07 Å². The van der Waals surface area contributed by atoms with Crippen LogP contribution in [-0.2, 0) is 12.7 Å². The van der Waals surface area contributed by atoms with Gasteiger partial charge >= 0.3 is 6.18 Å². The molecule has 0 atom stereocenters. The summed E-state index contributed by atoms with van der Waals surface area (Å²) in [7, 11) is 0. The summed E-state index contributed by atoms with van der Waals surface area (Å²) in [5, 5.41) is 6.90. The summed E-state index contributed by atoms with van der Waals surface area (Å²) in [6.45, 7) is 3.03. The van der Waals surface area contributed by atoms with E-state index in [0.29, 0.717) is 24.6 Å². The van der Waals surface area contributed by atoms with Gasteiger partial charge in [0.25, 0.3) is 0 Å². The van der Waals surface area contributed by atoms with Crippen LogP contribution in [0.5, 0.6) is 0 Å². The Bertz CT molecular complexity index is 579. The average molecular weight is 296 g/mol. The van der Waals surface area contributed by atoms with E-state index in [0.717, 1.165) is 11.6 Å². The smallest absolute Gasteiger partial charge is 0.399 e. The molecule has 2 N–H and O–H groups in total. The Morgan fingerprint density at radius 1 is 1.05 bits per heavy atom. The van der Waals surface area contributed by atoms with Gasteiger partial charge in [-0.2, -0.15) is 13.2 Å². The van der Waals surface area contributed by atoms with Gasteiger partial charge in [0.1, 0.15) is 0 Å². The number of alkyl halides is 3. The van der Waals surface area contributed by atoms with Crippen molar-refractivity contribution in [3.63, 3.8) is 0 Å². The zero-order chi connectivity index (χ0) is 15.5. The molecule has 1 aromatic carbocycles. The molecule has 0 amide bonds. The van der Waals surface area contributed by atoms with Gasteiger partial charge in [-0.3, -0.25) is 0 Å². The van der Waals surface area contributed by atoms with Crippen molar-refractivity contribution in [1.82, 2.24) is 10.2 Å². The predicted octanol–water partition coefficient (Wildman–Crippen LogP) is 3.10. The first-order valence-electron chi connectivity index (χ1n) is 6.40. The minimum Gasteiger partial charge on any atom is -0.399 e. The number of halogens is 3. The lowest BCUT2D eigenvalue weighted by Crippen LogP contribution is -2.24. The third-order valence-electron chi connectivity index (χ3n) is 3.00. The number of nitrogens with two attached hydrogens (primary N) is 1. The van der Waals surface area contributed by atoms with Crippen LogP contribution < -0.4 is 10.6 Å². The Kier molecular flexibility index (Phi) is 4.30. The molecule has 0 aliphatic carbocycles. The zero-order valence-corrected chi connectivity index (χ0v) is 11.4. The number of hydrogen-bond donors (Lipinski definition) is 1. The molecule has 2 rings (SSSR count). The summed E-state index contributed by atoms with van der Waals surface area (Å²) in [5.74, 6) is 0.405. The summed E-state index contributed by atoms with van der Waals surface area (Å²) in [6, 6.07) is 9.57. The molecule has 0 spiro atoms. The molecule has 0 unspecified atom stereocenters. The van der Waals surface area contributed by atoms with Gasteiger partial charge in [-0.25, -0.2) is 0 Å². The van der Waals surface area contributed by atoms with Crippen molar-refractivity contribution in [2.45, 2.75) is 19.6 Å². The van der Waals surface area contributed by atoms with Gasteiger partial charge in [-0.05, 0) is 36.8 Å². The maximum Gasteiger partial charge on any atom is 0.435 e. The Morgan fingerprint density at radius 3 is 2.19 bits per heavy atom. The fraction of sp³-hybridized carbons (Fsp3) is 0.286. The number of aromatic nitrogens is 2. The van der Waals surface area contributed by atoms with Crippen LogP contribution >= 0.6 is 0 Å². The van der Waals surface area contributed by atoms with Crippen LogP contribution in [0.2, 0.25) is 0 Å². The second-order valence-corrected chi connectivity index (χ2v) is 4.53. The minimum absolute atomic E-state index is 0.405. The molecule has 112 valence electrons. The van der Waals surface area contributed by atoms with Crippen molar-refractivity contribution in [3.05, 3.63) is 47.7 Å². The lowest BCUT2D eigenvalue weighted by molar-refractivity contribution is -0.141. The van der Waals surface area contributed by atoms with E-state index in [2.05, 4.69) is 10.2 Å². The van der Waals surface area contributed by atoms with E-state index in [9.17, 15) is 13.2 Å². The maximum absolute atomic E-state index is 12.5. The van der Waals surface area contributed by atoms with Crippen molar-refractivity contribution >= 4 is 11.5 Å². The lowest BCUT2D eigenvalue weighted by atomic mass is 10.2. The van der Waals surface area contributed by atoms with E-state index < -0.39 is 11.9 Å². The monoisotopic (exact) mass is 296 g/mol. The highest BCUT2D eigenvalue weighted by Crippen LogP contribution is 2.27. The van der Waals surface area contributed by atoms with Gasteiger partial charge in [0.15, 0.2) is 11.5 Å². The van der Waals surface area contributed by atoms with Gasteiger partial charge in [0.05, 0.1) is 0 Å². The molecule has 0 radical (unpaired) electrons. The molecule has 1 aromatic heterocycles. The number of nitrogens with zero attached hydrogens (tertiary/aromatic N) is 3. The lowest BCUT2D eigenvalue weighted by Gasteiger charge is -2.21. The van der Waals surface area contributed by atoms with Crippen LogP contribution in [0.3, 0.4) is 0 Å². The van der Waals surface area contributed by atoms with Crippen molar-refractivity contribution in [3.8, 4) is 0 Å². The Balaban J connectivity index is 2.15. The first-order valence-corrected chi connectivity index (χ1v) is 6.40. The SMILES string of the molecule is CCN(Cc1ccc(N)cc1)c1ccc(C(F)(F)F)nn1. The van der Waals surface area contributed by atoms with E-state index in [1.54, 1.807) is 12.1 Å². The van der Waals surface area contributed by atoms with Gasteiger partial charge in [0, 0.05) is 18.8 Å². The van der Waals surface area contributed by atoms with Crippen LogP contribution in [0.4, 0.5) is 24.7 Å². The summed E-state index contributed by atoms with van der Waals surface area (Å²) in [5.41, 5.74) is 6.28. The molecular formula is C14H15F3N4. The average Bonchev–Trinajstić information content (AvgIpc) is 2.46. The molecule has 21 heavy (non-hydrogen) atoms. The fourth-order valence-corrected chi connectivity index (χ4v) is 1.84. The molecule has 0 saturated carbocycles. The number of hydrogen-bond acceptors (Lipinski definition) is 4. The standard InChI is InChI=1S/C14H15F3N4/c1-2-21(9-10-3-5-11(18)6-4-10)13-8-7-12(19-20-13)14(15,16)17/h3-8H,2,9,18H2,1H3. The van der Waals surface area contributed by atoms with Crippen molar-refractivity contribution in [2.24, 2.45) is 0 Å². The summed E-state index contributed by atoms with van der Waals surface area (Å²) in [4.78, 5) is 1.83. The van der Waals surface area contributed by atoms with Gasteiger partial charge in [-0.1, -0.05) is 12.1 Å². The molecule has 7 heteroatoms. The molecular weight excluding hydrogens is 281 g/mol. The first-order chi connectivity index (χ1) is 9.90. The van der Waals surface area contributed by atoms with Gasteiger partial charge in [-0.15, -0.1) is 10.2 Å². The topological polar surface area (TPSA) is 55.0 Å². The minimum atomic E-state index is -4.47. The molecule has 0 saturated heterocycles. The second-order valence-electron chi connectivity index (χ2n) is 4.53. The number of benzene rings is 1. The normalized spacial score (nSPS) is 11.4. The molecule has 0 aliphatic rings. The highest BCUT2D eigenvalue weighted by atomic mass is 19.4. The Morgan fingerprint density at radius 2 is 1.71 bits per heavy atom. The van der Waals surface area contributed by atoms with Crippen LogP contribution in [-0.4, -0.2) is 16.7 Å². The molecule has 1 heterocycles. The predicted molar refractivity (Wildman–Crippen MR) is 74.6 cm³/mol. The molecule has 4 nitrogen and oxygen atoms in total. The fourth-order valence-electron chi connectivity index (χ4n) is 1.84. The molecule has 2 aromatic rings. The number of nitrogen functional groups attached to an aromatic ring is 1. The van der Waals surface area contributed by atoms with E-state index >= 15 is 0 Å². The van der Waals surface area contributed by atoms with E-state index in [-0.39, 0.29) is 0 Å². The molecule has 0 aliphatic heterocycles. The maximum atomic E-state index is 12.5. The highest BCUT2D eigenvalue weighted by molar-refractivity contribution is 5.42. The molecule has 0 fully saturated rings. The van der Waals surface area contributed by atoms with Crippen LogP contribution in [0, 0.1) is 0 Å². The Labute approximate surface area is 120 Å². The van der Waals surface area contributed by atoms with Gasteiger partial charge in [0.2, 0.25) is 0 Å². The Hall–Kier alpha value is -2.31. The number of anilines is 2. The van der Waals surface area contributed by atoms with Crippen LogP contribution in [0.1, 0.15) is 18.2 Å². The second kappa shape index (κ2) is 5.99. The van der Waals surface area contributed by atoms with Crippen LogP contribution in [0.25, 0.3) is 0 Å². The van der Waals surface area contributed by atoms with Gasteiger partial charge < -0.3 is 10.6 Å². The van der Waals surface area contributed by atoms with E-state index in [4.69, 9.17) is 5.73 Å². The largest absolute Gasteiger partial charge is 0.435 e. The van der Waals surface area contributed by atoms with Crippen molar-refractivity contribution in [2.75, 3.05) is 17.2 Å². The van der Waals surface area contributed by atoms with E-state index in [1.807, 2.05) is 24.0 Å². The highest BCUT2D eigenvalue weighted by Gasteiger charge is 2.33. The first kappa shape index (κ1) is 15.1. The van der Waals surface area contributed by atoms with Crippen LogP contribution in [0.15, 0.2) is 36.4 Å². The number of rotatable bonds is 4. The third-order valence-corrected chi connectivity index (χ3v) is 3.00. The molecule has 0 bridgehead atoms. The van der Waals surface area contributed by atoms with Crippen molar-refractivity contribution in [1.29, 1.82) is 0 Å². The third kappa shape index (κ3) is 3.84.